The normalized spacial score (nSPS) is 22.7. The van der Waals surface area contributed by atoms with Crippen molar-refractivity contribution < 1.29 is 4.79 Å². The lowest BCUT2D eigenvalue weighted by Gasteiger charge is -2.27. The predicted molar refractivity (Wildman–Crippen MR) is 78.4 cm³/mol. The zero-order valence-electron chi connectivity index (χ0n) is 11.6. The zero-order valence-corrected chi connectivity index (χ0v) is 12.4. The number of carbonyl (C=O) groups excluding carboxylic acids is 1. The minimum atomic E-state index is 0. The van der Waals surface area contributed by atoms with Gasteiger partial charge in [-0.1, -0.05) is 12.8 Å². The Hall–Kier alpha value is -1.07. The molecule has 0 bridgehead atoms. The van der Waals surface area contributed by atoms with Gasteiger partial charge in [0.2, 0.25) is 5.91 Å². The molecule has 2 unspecified atom stereocenters. The summed E-state index contributed by atoms with van der Waals surface area (Å²) in [6.45, 7) is 1.91. The van der Waals surface area contributed by atoms with Crippen molar-refractivity contribution in [1.82, 2.24) is 9.78 Å². The van der Waals surface area contributed by atoms with E-state index in [0.717, 1.165) is 24.4 Å². The molecule has 1 fully saturated rings. The van der Waals surface area contributed by atoms with Gasteiger partial charge in [0, 0.05) is 25.6 Å². The van der Waals surface area contributed by atoms with E-state index in [1.54, 1.807) is 4.68 Å². The van der Waals surface area contributed by atoms with Crippen LogP contribution in [-0.4, -0.2) is 21.7 Å². The van der Waals surface area contributed by atoms with E-state index < -0.39 is 0 Å². The van der Waals surface area contributed by atoms with Crippen LogP contribution in [0.4, 0.5) is 5.82 Å². The summed E-state index contributed by atoms with van der Waals surface area (Å²) in [5, 5.41) is 7.11. The van der Waals surface area contributed by atoms with Gasteiger partial charge >= 0.3 is 0 Å². The van der Waals surface area contributed by atoms with E-state index in [1.807, 2.05) is 20.0 Å². The Bertz CT molecular complexity index is 432. The van der Waals surface area contributed by atoms with Crippen LogP contribution in [0, 0.1) is 12.8 Å². The highest BCUT2D eigenvalue weighted by Crippen LogP contribution is 2.26. The number of anilines is 1. The monoisotopic (exact) mass is 286 g/mol. The maximum Gasteiger partial charge on any atom is 0.225 e. The maximum absolute atomic E-state index is 12.0. The molecule has 1 heterocycles. The van der Waals surface area contributed by atoms with Gasteiger partial charge in [-0.15, -0.1) is 12.4 Å². The van der Waals surface area contributed by atoms with Crippen LogP contribution in [0.5, 0.6) is 0 Å². The Morgan fingerprint density at radius 1 is 1.53 bits per heavy atom. The fraction of sp³-hybridized carbons (Fsp3) is 0.692. The quantitative estimate of drug-likeness (QED) is 0.892. The molecule has 19 heavy (non-hydrogen) atoms. The van der Waals surface area contributed by atoms with Crippen LogP contribution in [0.3, 0.4) is 0 Å². The highest BCUT2D eigenvalue weighted by atomic mass is 35.5. The van der Waals surface area contributed by atoms with E-state index in [9.17, 15) is 4.79 Å². The molecule has 0 aliphatic heterocycles. The van der Waals surface area contributed by atoms with Crippen molar-refractivity contribution in [1.29, 1.82) is 0 Å². The molecule has 0 spiro atoms. The van der Waals surface area contributed by atoms with Crippen molar-refractivity contribution in [2.45, 2.75) is 45.1 Å². The smallest absolute Gasteiger partial charge is 0.225 e. The van der Waals surface area contributed by atoms with Gasteiger partial charge in [0.15, 0.2) is 0 Å². The van der Waals surface area contributed by atoms with Gasteiger partial charge in [0.1, 0.15) is 5.82 Å². The Labute approximate surface area is 120 Å². The Morgan fingerprint density at radius 2 is 2.21 bits per heavy atom. The Kier molecular flexibility index (Phi) is 5.82. The number of hydrogen-bond donors (Lipinski definition) is 2. The van der Waals surface area contributed by atoms with Crippen LogP contribution < -0.4 is 11.1 Å². The third kappa shape index (κ3) is 4.21. The average Bonchev–Trinajstić information content (AvgIpc) is 2.61. The first-order valence-corrected chi connectivity index (χ1v) is 6.62. The van der Waals surface area contributed by atoms with Gasteiger partial charge < -0.3 is 11.1 Å². The van der Waals surface area contributed by atoms with E-state index in [4.69, 9.17) is 5.73 Å². The van der Waals surface area contributed by atoms with Gasteiger partial charge in [0.25, 0.3) is 0 Å². The van der Waals surface area contributed by atoms with Crippen LogP contribution in [0.25, 0.3) is 0 Å². The Balaban J connectivity index is 0.00000180. The number of nitrogens with zero attached hydrogens (tertiary/aromatic N) is 2. The summed E-state index contributed by atoms with van der Waals surface area (Å²) in [5.41, 5.74) is 6.96. The standard InChI is InChI=1S/C13H22N4O.ClH/c1-9-7-12(17(2)16-9)15-13(18)8-10-5-3-4-6-11(10)14;/h7,10-11H,3-6,8,14H2,1-2H3,(H,15,18);1H. The van der Waals surface area contributed by atoms with Gasteiger partial charge in [-0.2, -0.15) is 5.10 Å². The van der Waals surface area contributed by atoms with Crippen molar-refractivity contribution in [3.63, 3.8) is 0 Å². The van der Waals surface area contributed by atoms with E-state index in [0.29, 0.717) is 12.3 Å². The molecular formula is C13H23ClN4O. The first kappa shape index (κ1) is 16.0. The summed E-state index contributed by atoms with van der Waals surface area (Å²) >= 11 is 0. The average molecular weight is 287 g/mol. The third-order valence-corrected chi connectivity index (χ3v) is 3.68. The summed E-state index contributed by atoms with van der Waals surface area (Å²) in [6, 6.07) is 2.05. The molecule has 1 aromatic rings. The molecule has 0 saturated heterocycles. The number of aromatic nitrogens is 2. The summed E-state index contributed by atoms with van der Waals surface area (Å²) in [6.07, 6.45) is 5.02. The van der Waals surface area contributed by atoms with E-state index in [1.165, 1.54) is 12.8 Å². The molecule has 1 amide bonds. The van der Waals surface area contributed by atoms with Crippen LogP contribution in [0.1, 0.15) is 37.8 Å². The lowest BCUT2D eigenvalue weighted by molar-refractivity contribution is -0.117. The van der Waals surface area contributed by atoms with Crippen LogP contribution in [-0.2, 0) is 11.8 Å². The minimum Gasteiger partial charge on any atom is -0.327 e. The summed E-state index contributed by atoms with van der Waals surface area (Å²) in [5.74, 6) is 1.12. The van der Waals surface area contributed by atoms with Gasteiger partial charge in [-0.05, 0) is 25.7 Å². The molecule has 1 aliphatic rings. The second-order valence-electron chi connectivity index (χ2n) is 5.26. The van der Waals surface area contributed by atoms with Gasteiger partial charge in [-0.3, -0.25) is 9.48 Å². The second kappa shape index (κ2) is 6.91. The first-order valence-electron chi connectivity index (χ1n) is 6.62. The van der Waals surface area contributed by atoms with Crippen LogP contribution in [0.2, 0.25) is 0 Å². The van der Waals surface area contributed by atoms with Crippen molar-refractivity contribution in [2.75, 3.05) is 5.32 Å². The lowest BCUT2D eigenvalue weighted by atomic mass is 9.83. The molecule has 6 heteroatoms. The number of nitrogens with one attached hydrogen (secondary N) is 1. The maximum atomic E-state index is 12.0. The lowest BCUT2D eigenvalue weighted by Crippen LogP contribution is -2.35. The molecule has 0 radical (unpaired) electrons. The number of halogens is 1. The molecular weight excluding hydrogens is 264 g/mol. The molecule has 2 atom stereocenters. The molecule has 1 aromatic heterocycles. The molecule has 1 aliphatic carbocycles. The SMILES string of the molecule is Cc1cc(NC(=O)CC2CCCCC2N)n(C)n1.Cl. The fourth-order valence-electron chi connectivity index (χ4n) is 2.65. The summed E-state index contributed by atoms with van der Waals surface area (Å²) < 4.78 is 1.69. The number of hydrogen-bond acceptors (Lipinski definition) is 3. The number of carbonyl (C=O) groups is 1. The van der Waals surface area contributed by atoms with Crippen LogP contribution in [0.15, 0.2) is 6.07 Å². The molecule has 3 N–H and O–H groups in total. The number of aryl methyl sites for hydroxylation is 2. The van der Waals surface area contributed by atoms with E-state index in [-0.39, 0.29) is 24.4 Å². The fourth-order valence-corrected chi connectivity index (χ4v) is 2.65. The highest BCUT2D eigenvalue weighted by Gasteiger charge is 2.24. The predicted octanol–water partition coefficient (Wildman–Crippen LogP) is 2.00. The molecule has 2 rings (SSSR count). The number of nitrogens with two attached hydrogens (primary N) is 1. The van der Waals surface area contributed by atoms with Crippen molar-refractivity contribution in [3.8, 4) is 0 Å². The highest BCUT2D eigenvalue weighted by molar-refractivity contribution is 5.90. The first-order chi connectivity index (χ1) is 8.56. The Morgan fingerprint density at radius 3 is 2.79 bits per heavy atom. The summed E-state index contributed by atoms with van der Waals surface area (Å²) in [4.78, 5) is 12.0. The van der Waals surface area contributed by atoms with Gasteiger partial charge in [0.05, 0.1) is 5.69 Å². The van der Waals surface area contributed by atoms with Gasteiger partial charge in [-0.25, -0.2) is 0 Å². The minimum absolute atomic E-state index is 0. The van der Waals surface area contributed by atoms with Crippen molar-refractivity contribution in [2.24, 2.45) is 18.7 Å². The zero-order chi connectivity index (χ0) is 13.1. The second-order valence-corrected chi connectivity index (χ2v) is 5.26. The largest absolute Gasteiger partial charge is 0.327 e. The molecule has 0 aromatic carbocycles. The molecule has 1 saturated carbocycles. The number of rotatable bonds is 3. The van der Waals surface area contributed by atoms with Crippen molar-refractivity contribution in [3.05, 3.63) is 11.8 Å². The third-order valence-electron chi connectivity index (χ3n) is 3.68. The van der Waals surface area contributed by atoms with Crippen molar-refractivity contribution >= 4 is 24.1 Å². The van der Waals surface area contributed by atoms with Crippen LogP contribution >= 0.6 is 12.4 Å². The topological polar surface area (TPSA) is 72.9 Å². The molecule has 108 valence electrons. The summed E-state index contributed by atoms with van der Waals surface area (Å²) in [7, 11) is 1.83. The number of amides is 1. The van der Waals surface area contributed by atoms with E-state index in [2.05, 4.69) is 10.4 Å². The van der Waals surface area contributed by atoms with E-state index >= 15 is 0 Å². The molecule has 5 nitrogen and oxygen atoms in total.